The normalized spacial score (nSPS) is 15.4. The number of hydrogen-bond donors (Lipinski definition) is 2. The van der Waals surface area contributed by atoms with E-state index in [9.17, 15) is 22.0 Å². The van der Waals surface area contributed by atoms with Crippen molar-refractivity contribution in [3.8, 4) is 11.5 Å². The molecule has 1 aliphatic heterocycles. The molecule has 0 fully saturated rings. The van der Waals surface area contributed by atoms with Crippen molar-refractivity contribution in [3.63, 3.8) is 0 Å². The van der Waals surface area contributed by atoms with Crippen molar-refractivity contribution in [2.45, 2.75) is 24.3 Å². The molecule has 2 aromatic rings. The molecule has 166 valence electrons. The van der Waals surface area contributed by atoms with E-state index in [1.165, 1.54) is 19.2 Å². The summed E-state index contributed by atoms with van der Waals surface area (Å²) in [6, 6.07) is 11.1. The Kier molecular flexibility index (Phi) is 7.06. The van der Waals surface area contributed by atoms with E-state index >= 15 is 0 Å². The summed E-state index contributed by atoms with van der Waals surface area (Å²) in [7, 11) is -2.26. The van der Waals surface area contributed by atoms with Crippen molar-refractivity contribution >= 4 is 21.8 Å². The van der Waals surface area contributed by atoms with Gasteiger partial charge in [0.05, 0.1) is 18.6 Å². The minimum atomic E-state index is -3.61. The second-order valence-corrected chi connectivity index (χ2v) is 8.20. The van der Waals surface area contributed by atoms with Crippen LogP contribution in [0.1, 0.15) is 17.5 Å². The average molecular weight is 453 g/mol. The fraction of sp³-hybridized carbons (Fsp3) is 0.300. The van der Waals surface area contributed by atoms with Crippen molar-refractivity contribution in [1.29, 1.82) is 0 Å². The van der Waals surface area contributed by atoms with E-state index < -0.39 is 16.6 Å². The number of methoxy groups -OCH3 is 1. The fourth-order valence-corrected chi connectivity index (χ4v) is 4.27. The van der Waals surface area contributed by atoms with Crippen LogP contribution < -0.4 is 19.5 Å². The highest BCUT2D eigenvalue weighted by Crippen LogP contribution is 2.29. The van der Waals surface area contributed by atoms with Crippen LogP contribution in [0.3, 0.4) is 0 Å². The summed E-state index contributed by atoms with van der Waals surface area (Å²) in [5.41, 5.74) is 1.26. The molecule has 2 aromatic carbocycles. The molecule has 0 unspecified atom stereocenters. The van der Waals surface area contributed by atoms with Crippen LogP contribution in [0.25, 0.3) is 0 Å². The molecular weight excluding hydrogens is 432 g/mol. The summed E-state index contributed by atoms with van der Waals surface area (Å²) >= 11 is 0. The number of nitrogens with one attached hydrogen (secondary N) is 2. The number of ether oxygens (including phenoxy) is 2. The number of halogens is 2. The molecule has 0 saturated carbocycles. The third kappa shape index (κ3) is 5.69. The number of amidine groups is 1. The number of nitrogens with zero attached hydrogens (tertiary/aromatic N) is 1. The van der Waals surface area contributed by atoms with Crippen LogP contribution in [-0.2, 0) is 21.2 Å². The second-order valence-electron chi connectivity index (χ2n) is 6.55. The Labute approximate surface area is 178 Å². The van der Waals surface area contributed by atoms with Crippen LogP contribution in [0.15, 0.2) is 52.4 Å². The minimum Gasteiger partial charge on any atom is -0.493 e. The van der Waals surface area contributed by atoms with Gasteiger partial charge in [-0.15, -0.1) is 0 Å². The number of amides is 1. The lowest BCUT2D eigenvalue weighted by Crippen LogP contribution is -2.27. The summed E-state index contributed by atoms with van der Waals surface area (Å²) < 4.78 is 60.6. The number of hydrogen-bond acceptors (Lipinski definition) is 6. The SMILES string of the molecule is COc1cc(CCNC(=O)CCN=C2NS(=O)(=O)c3ccccc32)ccc1OC(F)F. The summed E-state index contributed by atoms with van der Waals surface area (Å²) in [5, 5.41) is 2.74. The van der Waals surface area contributed by atoms with E-state index in [0.29, 0.717) is 18.5 Å². The van der Waals surface area contributed by atoms with Crippen molar-refractivity contribution in [2.24, 2.45) is 4.99 Å². The van der Waals surface area contributed by atoms with Crippen LogP contribution in [-0.4, -0.2) is 47.0 Å². The smallest absolute Gasteiger partial charge is 0.387 e. The Morgan fingerprint density at radius 3 is 2.71 bits per heavy atom. The zero-order valence-corrected chi connectivity index (χ0v) is 17.4. The third-order valence-corrected chi connectivity index (χ3v) is 5.85. The highest BCUT2D eigenvalue weighted by atomic mass is 32.2. The van der Waals surface area contributed by atoms with Crippen LogP contribution in [0.5, 0.6) is 11.5 Å². The Morgan fingerprint density at radius 1 is 1.19 bits per heavy atom. The molecule has 0 aliphatic carbocycles. The number of aliphatic imine (C=N–C) groups is 1. The number of alkyl halides is 2. The maximum atomic E-state index is 12.4. The standard InChI is InChI=1S/C20H21F2N3O5S/c1-29-16-12-13(6-7-15(16)30-20(21)22)8-10-23-18(26)9-11-24-19-14-4-2-3-5-17(14)31(27,28)25-19/h2-7,12,20H,8-11H2,1H3,(H,23,26)(H,24,25). The fourth-order valence-electron chi connectivity index (χ4n) is 3.02. The molecular formula is C20H21F2N3O5S. The molecule has 3 rings (SSSR count). The van der Waals surface area contributed by atoms with E-state index in [4.69, 9.17) is 4.74 Å². The number of sulfonamides is 1. The number of benzene rings is 2. The third-order valence-electron chi connectivity index (χ3n) is 4.45. The van der Waals surface area contributed by atoms with Gasteiger partial charge in [-0.1, -0.05) is 18.2 Å². The predicted octanol–water partition coefficient (Wildman–Crippen LogP) is 2.08. The summed E-state index contributed by atoms with van der Waals surface area (Å²) in [6.45, 7) is -2.51. The molecule has 8 nitrogen and oxygen atoms in total. The largest absolute Gasteiger partial charge is 0.493 e. The molecule has 0 radical (unpaired) electrons. The highest BCUT2D eigenvalue weighted by Gasteiger charge is 2.29. The molecule has 11 heteroatoms. The molecule has 0 bridgehead atoms. The molecule has 1 amide bonds. The second kappa shape index (κ2) is 9.73. The minimum absolute atomic E-state index is 0.0616. The van der Waals surface area contributed by atoms with Crippen molar-refractivity contribution < 1.29 is 31.5 Å². The first kappa shape index (κ1) is 22.5. The quantitative estimate of drug-likeness (QED) is 0.605. The summed E-state index contributed by atoms with van der Waals surface area (Å²) in [5.74, 6) is 0.0949. The lowest BCUT2D eigenvalue weighted by Gasteiger charge is -2.11. The molecule has 0 aromatic heterocycles. The van der Waals surface area contributed by atoms with Crippen LogP contribution >= 0.6 is 0 Å². The molecule has 0 atom stereocenters. The van der Waals surface area contributed by atoms with Gasteiger partial charge in [0.15, 0.2) is 11.5 Å². The first-order valence-corrected chi connectivity index (χ1v) is 10.8. The lowest BCUT2D eigenvalue weighted by molar-refractivity contribution is -0.120. The van der Waals surface area contributed by atoms with Crippen molar-refractivity contribution in [3.05, 3.63) is 53.6 Å². The van der Waals surface area contributed by atoms with Gasteiger partial charge in [-0.3, -0.25) is 14.5 Å². The van der Waals surface area contributed by atoms with Crippen molar-refractivity contribution in [2.75, 3.05) is 20.2 Å². The van der Waals surface area contributed by atoms with E-state index in [1.807, 2.05) is 0 Å². The van der Waals surface area contributed by atoms with Crippen LogP contribution in [0.4, 0.5) is 8.78 Å². The summed E-state index contributed by atoms with van der Waals surface area (Å²) in [6.07, 6.45) is 0.538. The molecule has 31 heavy (non-hydrogen) atoms. The van der Waals surface area contributed by atoms with E-state index in [-0.39, 0.29) is 41.1 Å². The number of rotatable bonds is 9. The lowest BCUT2D eigenvalue weighted by atomic mass is 10.1. The monoisotopic (exact) mass is 453 g/mol. The van der Waals surface area contributed by atoms with Gasteiger partial charge in [-0.2, -0.15) is 8.78 Å². The van der Waals surface area contributed by atoms with E-state index in [0.717, 1.165) is 5.56 Å². The van der Waals surface area contributed by atoms with E-state index in [1.54, 1.807) is 30.3 Å². The van der Waals surface area contributed by atoms with Crippen LogP contribution in [0, 0.1) is 0 Å². The average Bonchev–Trinajstić information content (AvgIpc) is 2.99. The first-order valence-electron chi connectivity index (χ1n) is 9.35. The maximum absolute atomic E-state index is 12.4. The first-order chi connectivity index (χ1) is 14.8. The van der Waals surface area contributed by atoms with Crippen molar-refractivity contribution in [1.82, 2.24) is 10.0 Å². The number of carbonyl (C=O) groups is 1. The number of carbonyl (C=O) groups excluding carboxylic acids is 1. The zero-order valence-electron chi connectivity index (χ0n) is 16.6. The van der Waals surface area contributed by atoms with Gasteiger partial charge < -0.3 is 14.8 Å². The Morgan fingerprint density at radius 2 is 1.97 bits per heavy atom. The summed E-state index contributed by atoms with van der Waals surface area (Å²) in [4.78, 5) is 16.4. The molecule has 1 heterocycles. The van der Waals surface area contributed by atoms with Gasteiger partial charge in [0, 0.05) is 18.5 Å². The Balaban J connectivity index is 1.48. The van der Waals surface area contributed by atoms with Gasteiger partial charge in [-0.05, 0) is 36.2 Å². The number of fused-ring (bicyclic) bond motifs is 1. The van der Waals surface area contributed by atoms with Gasteiger partial charge in [0.25, 0.3) is 10.0 Å². The van der Waals surface area contributed by atoms with Gasteiger partial charge in [-0.25, -0.2) is 8.42 Å². The maximum Gasteiger partial charge on any atom is 0.387 e. The van der Waals surface area contributed by atoms with Gasteiger partial charge in [0.1, 0.15) is 5.84 Å². The molecule has 0 spiro atoms. The zero-order chi connectivity index (χ0) is 22.4. The van der Waals surface area contributed by atoms with E-state index in [2.05, 4.69) is 19.8 Å². The van der Waals surface area contributed by atoms with Gasteiger partial charge >= 0.3 is 6.61 Å². The topological polar surface area (TPSA) is 106 Å². The predicted molar refractivity (Wildman–Crippen MR) is 109 cm³/mol. The van der Waals surface area contributed by atoms with Gasteiger partial charge in [0.2, 0.25) is 5.91 Å². The molecule has 2 N–H and O–H groups in total. The molecule has 1 aliphatic rings. The van der Waals surface area contributed by atoms with Crippen LogP contribution in [0.2, 0.25) is 0 Å². The highest BCUT2D eigenvalue weighted by molar-refractivity contribution is 7.90. The Hall–Kier alpha value is -3.21. The molecule has 0 saturated heterocycles. The Bertz CT molecular complexity index is 1090.